The number of carbonyl (C=O) groups is 1. The van der Waals surface area contributed by atoms with E-state index < -0.39 is 23.0 Å². The number of anilines is 1. The molecular weight excluding hydrogens is 532 g/mol. The highest BCUT2D eigenvalue weighted by atomic mass is 16.5. The number of hydrogen-bond donors (Lipinski definition) is 4. The van der Waals surface area contributed by atoms with Gasteiger partial charge in [-0.1, -0.05) is 24.3 Å². The number of piperidine rings is 1. The zero-order valence-corrected chi connectivity index (χ0v) is 23.8. The summed E-state index contributed by atoms with van der Waals surface area (Å²) in [4.78, 5) is 15.8. The third kappa shape index (κ3) is 4.15. The largest absolute Gasteiger partial charge is 0.508 e. The summed E-state index contributed by atoms with van der Waals surface area (Å²) in [5, 5.41) is 37.7. The van der Waals surface area contributed by atoms with Gasteiger partial charge >= 0.3 is 0 Å². The maximum absolute atomic E-state index is 13.4. The lowest BCUT2D eigenvalue weighted by molar-refractivity contribution is -0.153. The van der Waals surface area contributed by atoms with Crippen LogP contribution in [0.15, 0.2) is 78.1 Å². The molecule has 8 heteroatoms. The standard InChI is InChI=1S/C34H36N2O6/c1-20(32(39)35-23-11-13-25(14-12-23)41-24-6-4-3-5-7-24)29(38)31-34-16-17-36(19-21-8-9-21)27(33(34,2)40)18-22-10-15-26(37)30(42-31)28(22)34/h3-7,10-15,21,27,31,37-38,40H,8-9,16-19H2,1-2H3,(H,35,39)/b29-20-/t27-,31+,33-,34+/m1/s1. The minimum Gasteiger partial charge on any atom is -0.508 e. The van der Waals surface area contributed by atoms with Gasteiger partial charge in [0.15, 0.2) is 17.6 Å². The minimum absolute atomic E-state index is 0.0296. The van der Waals surface area contributed by atoms with Crippen molar-refractivity contribution in [3.05, 3.63) is 89.2 Å². The van der Waals surface area contributed by atoms with Crippen molar-refractivity contribution in [1.29, 1.82) is 0 Å². The van der Waals surface area contributed by atoms with E-state index in [4.69, 9.17) is 9.47 Å². The van der Waals surface area contributed by atoms with Crippen LogP contribution in [-0.2, 0) is 16.6 Å². The predicted molar refractivity (Wildman–Crippen MR) is 158 cm³/mol. The number of benzene rings is 3. The molecule has 2 heterocycles. The van der Waals surface area contributed by atoms with Gasteiger partial charge in [0.2, 0.25) is 0 Å². The Hall–Kier alpha value is -4.01. The minimum atomic E-state index is -1.27. The van der Waals surface area contributed by atoms with Crippen LogP contribution in [0.5, 0.6) is 23.0 Å². The quantitative estimate of drug-likeness (QED) is 0.222. The van der Waals surface area contributed by atoms with Crippen molar-refractivity contribution >= 4 is 11.6 Å². The number of nitrogens with one attached hydrogen (secondary N) is 1. The lowest BCUT2D eigenvalue weighted by atomic mass is 9.53. The van der Waals surface area contributed by atoms with Gasteiger partial charge in [0.1, 0.15) is 17.3 Å². The summed E-state index contributed by atoms with van der Waals surface area (Å²) in [6.45, 7) is 5.07. The SMILES string of the molecule is C/C(C(=O)Nc1ccc(Oc2ccccc2)cc1)=C(/O)[C@@H]1Oc2c(O)ccc3c2[C@@]12CCN(CC1CC1)[C@H](C3)[C@@]2(C)O. The molecule has 1 spiro atoms. The smallest absolute Gasteiger partial charge is 0.254 e. The summed E-state index contributed by atoms with van der Waals surface area (Å²) < 4.78 is 12.2. The maximum Gasteiger partial charge on any atom is 0.254 e. The molecule has 8 nitrogen and oxygen atoms in total. The van der Waals surface area contributed by atoms with Crippen molar-refractivity contribution in [3.63, 3.8) is 0 Å². The van der Waals surface area contributed by atoms with E-state index in [1.807, 2.05) is 43.3 Å². The Kier molecular flexibility index (Phi) is 6.26. The van der Waals surface area contributed by atoms with E-state index in [2.05, 4.69) is 10.2 Å². The fraction of sp³-hybridized carbons (Fsp3) is 0.382. The van der Waals surface area contributed by atoms with Gasteiger partial charge in [0.25, 0.3) is 5.91 Å². The van der Waals surface area contributed by atoms with E-state index in [0.29, 0.717) is 41.7 Å². The highest BCUT2D eigenvalue weighted by Gasteiger charge is 2.69. The molecule has 4 aliphatic rings. The van der Waals surface area contributed by atoms with Crippen LogP contribution in [0.25, 0.3) is 0 Å². The number of nitrogens with zero attached hydrogens (tertiary/aromatic N) is 1. The summed E-state index contributed by atoms with van der Waals surface area (Å²) in [6, 6.07) is 19.8. The molecule has 4 atom stereocenters. The third-order valence-corrected chi connectivity index (χ3v) is 9.81. The summed E-state index contributed by atoms with van der Waals surface area (Å²) >= 11 is 0. The summed E-state index contributed by atoms with van der Waals surface area (Å²) in [7, 11) is 0. The number of carbonyl (C=O) groups excluding carboxylic acids is 1. The monoisotopic (exact) mass is 568 g/mol. The Morgan fingerprint density at radius 3 is 2.50 bits per heavy atom. The van der Waals surface area contributed by atoms with Crippen molar-refractivity contribution in [2.45, 2.75) is 62.7 Å². The molecule has 2 aliphatic carbocycles. The molecule has 2 aliphatic heterocycles. The van der Waals surface area contributed by atoms with E-state index in [0.717, 1.165) is 24.2 Å². The van der Waals surface area contributed by atoms with Crippen LogP contribution in [-0.4, -0.2) is 57.0 Å². The predicted octanol–water partition coefficient (Wildman–Crippen LogP) is 5.45. The van der Waals surface area contributed by atoms with E-state index >= 15 is 0 Å². The number of aromatic hydroxyl groups is 1. The van der Waals surface area contributed by atoms with Gasteiger partial charge in [-0.2, -0.15) is 0 Å². The second-order valence-corrected chi connectivity index (χ2v) is 12.4. The zero-order valence-electron chi connectivity index (χ0n) is 23.8. The Morgan fingerprint density at radius 1 is 1.07 bits per heavy atom. The van der Waals surface area contributed by atoms with Gasteiger partial charge in [-0.25, -0.2) is 0 Å². The molecule has 3 aromatic rings. The van der Waals surface area contributed by atoms with Crippen LogP contribution in [0, 0.1) is 5.92 Å². The first-order valence-corrected chi connectivity index (χ1v) is 14.7. The van der Waals surface area contributed by atoms with Crippen LogP contribution in [0.4, 0.5) is 5.69 Å². The molecule has 0 radical (unpaired) electrons. The number of ether oxygens (including phenoxy) is 2. The Morgan fingerprint density at radius 2 is 1.79 bits per heavy atom. The van der Waals surface area contributed by atoms with Gasteiger partial charge in [0, 0.05) is 23.8 Å². The number of likely N-dealkylation sites (tertiary alicyclic amines) is 1. The van der Waals surface area contributed by atoms with Gasteiger partial charge in [-0.05, 0) is 100 Å². The molecule has 42 heavy (non-hydrogen) atoms. The van der Waals surface area contributed by atoms with Gasteiger partial charge < -0.3 is 30.1 Å². The van der Waals surface area contributed by atoms with E-state index in [1.54, 1.807) is 37.3 Å². The molecule has 0 aromatic heterocycles. The zero-order chi connectivity index (χ0) is 29.2. The number of amides is 1. The normalized spacial score (nSPS) is 28.4. The number of rotatable bonds is 7. The topological polar surface area (TPSA) is 111 Å². The van der Waals surface area contributed by atoms with E-state index in [9.17, 15) is 20.1 Å². The molecule has 3 aromatic carbocycles. The Bertz CT molecular complexity index is 1560. The summed E-state index contributed by atoms with van der Waals surface area (Å²) in [5.41, 5.74) is 0.117. The van der Waals surface area contributed by atoms with Crippen LogP contribution >= 0.6 is 0 Å². The number of aliphatic hydroxyl groups excluding tert-OH is 1. The second-order valence-electron chi connectivity index (χ2n) is 12.4. The number of para-hydroxylation sites is 1. The number of aliphatic hydroxyl groups is 2. The summed E-state index contributed by atoms with van der Waals surface area (Å²) in [6.07, 6.45) is 2.58. The van der Waals surface area contributed by atoms with Gasteiger partial charge in [-0.3, -0.25) is 9.69 Å². The molecule has 7 rings (SSSR count). The Balaban J connectivity index is 1.18. The van der Waals surface area contributed by atoms with Crippen molar-refractivity contribution in [3.8, 4) is 23.0 Å². The number of hydrogen-bond acceptors (Lipinski definition) is 7. The van der Waals surface area contributed by atoms with Crippen molar-refractivity contribution in [2.24, 2.45) is 5.92 Å². The fourth-order valence-electron chi connectivity index (χ4n) is 7.34. The second kappa shape index (κ2) is 9.78. The highest BCUT2D eigenvalue weighted by Crippen LogP contribution is 2.63. The van der Waals surface area contributed by atoms with Crippen molar-refractivity contribution in [1.82, 2.24) is 4.90 Å². The molecule has 0 unspecified atom stereocenters. The van der Waals surface area contributed by atoms with Crippen LogP contribution in [0.2, 0.25) is 0 Å². The first kappa shape index (κ1) is 26.9. The molecule has 2 fully saturated rings. The molecular formula is C34H36N2O6. The maximum atomic E-state index is 13.4. The molecule has 1 amide bonds. The Labute approximate surface area is 245 Å². The lowest BCUT2D eigenvalue weighted by Crippen LogP contribution is -2.73. The first-order chi connectivity index (χ1) is 20.2. The third-order valence-electron chi connectivity index (χ3n) is 9.81. The lowest BCUT2D eigenvalue weighted by Gasteiger charge is -2.59. The van der Waals surface area contributed by atoms with Crippen molar-refractivity contribution in [2.75, 3.05) is 18.4 Å². The van der Waals surface area contributed by atoms with Crippen LogP contribution in [0.3, 0.4) is 0 Å². The van der Waals surface area contributed by atoms with E-state index in [1.165, 1.54) is 12.8 Å². The molecule has 218 valence electrons. The average Bonchev–Trinajstić information content (AvgIpc) is 3.72. The van der Waals surface area contributed by atoms with Crippen molar-refractivity contribution < 1.29 is 29.6 Å². The van der Waals surface area contributed by atoms with Gasteiger partial charge in [-0.15, -0.1) is 0 Å². The first-order valence-electron chi connectivity index (χ1n) is 14.7. The average molecular weight is 569 g/mol. The molecule has 1 saturated heterocycles. The number of phenolic OH excluding ortho intramolecular Hbond substituents is 1. The summed E-state index contributed by atoms with van der Waals surface area (Å²) in [5.74, 6) is 1.54. The van der Waals surface area contributed by atoms with Crippen LogP contribution < -0.4 is 14.8 Å². The molecule has 2 bridgehead atoms. The van der Waals surface area contributed by atoms with Crippen LogP contribution in [0.1, 0.15) is 44.2 Å². The van der Waals surface area contributed by atoms with Gasteiger partial charge in [0.05, 0.1) is 16.6 Å². The molecule has 1 saturated carbocycles. The number of phenols is 1. The fourth-order valence-corrected chi connectivity index (χ4v) is 7.34. The molecule has 4 N–H and O–H groups in total. The van der Waals surface area contributed by atoms with E-state index in [-0.39, 0.29) is 23.1 Å². The highest BCUT2D eigenvalue weighted by molar-refractivity contribution is 6.03. The number of fused-ring (bicyclic) bond motifs is 1.